The highest BCUT2D eigenvalue weighted by molar-refractivity contribution is 7.08. The summed E-state index contributed by atoms with van der Waals surface area (Å²) in [6.45, 7) is 10.8. The summed E-state index contributed by atoms with van der Waals surface area (Å²) in [5.74, 6) is -2.43. The molecule has 13 nitrogen and oxygen atoms in total. The SMILES string of the molecule is CC(C)(C)OC(=O)NCC(C(=O)Nc1ccc2cnccc2c1)c1ccsc1.CC(C)(C)OC(=O)NCC(C(=O)O)c1ccsc1.Nc1ccc2cnccc2c1. The predicted octanol–water partition coefficient (Wildman–Crippen LogP) is 8.80. The number of hydrogen-bond acceptors (Lipinski definition) is 11. The summed E-state index contributed by atoms with van der Waals surface area (Å²) < 4.78 is 10.3. The molecule has 6 N–H and O–H groups in total. The molecule has 57 heavy (non-hydrogen) atoms. The van der Waals surface area contributed by atoms with E-state index in [-0.39, 0.29) is 19.0 Å². The number of carboxylic acid groups (broad SMARTS) is 1. The van der Waals surface area contributed by atoms with Crippen molar-refractivity contribution >= 4 is 79.7 Å². The first-order chi connectivity index (χ1) is 27.0. The smallest absolute Gasteiger partial charge is 0.407 e. The Bertz CT molecular complexity index is 2230. The van der Waals surface area contributed by atoms with E-state index in [0.29, 0.717) is 11.3 Å². The van der Waals surface area contributed by atoms with Gasteiger partial charge in [-0.25, -0.2) is 9.59 Å². The number of fused-ring (bicyclic) bond motifs is 2. The Labute approximate surface area is 339 Å². The van der Waals surface area contributed by atoms with Gasteiger partial charge in [0.1, 0.15) is 11.2 Å². The van der Waals surface area contributed by atoms with Crippen molar-refractivity contribution in [2.24, 2.45) is 0 Å². The minimum absolute atomic E-state index is 0.0149. The molecule has 300 valence electrons. The molecule has 0 fully saturated rings. The second kappa shape index (κ2) is 20.2. The van der Waals surface area contributed by atoms with Gasteiger partial charge in [-0.2, -0.15) is 22.7 Å². The standard InChI is InChI=1S/C21H23N3O3S.C12H17NO4S.C9H8N2/c1-21(2,3)27-20(26)23-12-18(16-7-9-28-13-16)19(25)24-17-5-4-15-11-22-8-6-14(15)10-17;1-12(2,3)17-11(16)13-6-9(10(14)15)8-4-5-18-7-8;10-9-2-1-8-6-11-4-3-7(8)5-9/h4-11,13,18H,12H2,1-3H3,(H,23,26)(H,24,25);4-5,7,9H,6H2,1-3H3,(H,13,16)(H,14,15);1-6H,10H2. The van der Waals surface area contributed by atoms with Crippen LogP contribution in [-0.2, 0) is 19.1 Å². The van der Waals surface area contributed by atoms with Gasteiger partial charge in [-0.3, -0.25) is 19.6 Å². The third-order valence-electron chi connectivity index (χ3n) is 7.78. The van der Waals surface area contributed by atoms with Crippen molar-refractivity contribution in [2.45, 2.75) is 64.6 Å². The number of ether oxygens (including phenoxy) is 2. The van der Waals surface area contributed by atoms with E-state index in [4.69, 9.17) is 20.3 Å². The number of hydrogen-bond donors (Lipinski definition) is 5. The number of anilines is 2. The van der Waals surface area contributed by atoms with Crippen molar-refractivity contribution in [1.82, 2.24) is 20.6 Å². The number of benzene rings is 2. The van der Waals surface area contributed by atoms with Gasteiger partial charge < -0.3 is 36.3 Å². The van der Waals surface area contributed by atoms with Crippen LogP contribution in [0.4, 0.5) is 21.0 Å². The van der Waals surface area contributed by atoms with Gasteiger partial charge in [-0.15, -0.1) is 0 Å². The summed E-state index contributed by atoms with van der Waals surface area (Å²) in [6, 6.07) is 18.9. The van der Waals surface area contributed by atoms with Crippen molar-refractivity contribution in [3.8, 4) is 0 Å². The number of amides is 3. The second-order valence-electron chi connectivity index (χ2n) is 14.7. The molecular weight excluding hydrogens is 765 g/mol. The number of aliphatic carboxylic acids is 1. The Morgan fingerprint density at radius 2 is 1.18 bits per heavy atom. The van der Waals surface area contributed by atoms with Crippen LogP contribution in [0.3, 0.4) is 0 Å². The molecule has 4 aromatic heterocycles. The number of nitrogens with two attached hydrogens (primary N) is 1. The molecule has 0 spiro atoms. The molecule has 0 aliphatic rings. The molecule has 6 rings (SSSR count). The first-order valence-electron chi connectivity index (χ1n) is 17.9. The molecule has 15 heteroatoms. The van der Waals surface area contributed by atoms with Crippen LogP contribution >= 0.6 is 22.7 Å². The second-order valence-corrected chi connectivity index (χ2v) is 16.3. The number of carbonyl (C=O) groups excluding carboxylic acids is 3. The zero-order chi connectivity index (χ0) is 41.6. The van der Waals surface area contributed by atoms with Gasteiger partial charge in [0.15, 0.2) is 0 Å². The van der Waals surface area contributed by atoms with E-state index in [1.807, 2.05) is 71.6 Å². The maximum absolute atomic E-state index is 12.9. The quantitative estimate of drug-likeness (QED) is 0.0881. The van der Waals surface area contributed by atoms with E-state index >= 15 is 0 Å². The van der Waals surface area contributed by atoms with E-state index < -0.39 is 41.2 Å². The van der Waals surface area contributed by atoms with Gasteiger partial charge in [-0.1, -0.05) is 12.1 Å². The Morgan fingerprint density at radius 3 is 1.67 bits per heavy atom. The third-order valence-corrected chi connectivity index (χ3v) is 9.18. The minimum atomic E-state index is -0.968. The largest absolute Gasteiger partial charge is 0.481 e. The number of carboxylic acids is 1. The highest BCUT2D eigenvalue weighted by atomic mass is 32.1. The fraction of sp³-hybridized carbons (Fsp3) is 0.286. The molecule has 4 heterocycles. The number of nitrogen functional groups attached to an aromatic ring is 1. The van der Waals surface area contributed by atoms with Crippen LogP contribution in [0.15, 0.2) is 107 Å². The lowest BCUT2D eigenvalue weighted by atomic mass is 10.0. The maximum atomic E-state index is 12.9. The maximum Gasteiger partial charge on any atom is 0.407 e. The Morgan fingerprint density at radius 1 is 0.684 bits per heavy atom. The van der Waals surface area contributed by atoms with E-state index in [1.54, 1.807) is 77.0 Å². The van der Waals surface area contributed by atoms with Gasteiger partial charge in [0, 0.05) is 60.0 Å². The van der Waals surface area contributed by atoms with Crippen molar-refractivity contribution in [2.75, 3.05) is 24.1 Å². The van der Waals surface area contributed by atoms with Crippen LogP contribution in [0.25, 0.3) is 21.5 Å². The molecule has 0 saturated heterocycles. The van der Waals surface area contributed by atoms with E-state index in [0.717, 1.165) is 32.8 Å². The molecule has 0 aliphatic heterocycles. The molecule has 3 amide bonds. The van der Waals surface area contributed by atoms with Gasteiger partial charge in [0.25, 0.3) is 0 Å². The molecule has 2 atom stereocenters. The van der Waals surface area contributed by atoms with Crippen LogP contribution in [0.2, 0.25) is 0 Å². The first kappa shape index (κ1) is 43.7. The molecule has 0 aliphatic carbocycles. The normalized spacial score (nSPS) is 12.1. The van der Waals surface area contributed by atoms with Gasteiger partial charge in [0.05, 0.1) is 11.8 Å². The summed E-state index contributed by atoms with van der Waals surface area (Å²) in [4.78, 5) is 55.6. The van der Waals surface area contributed by atoms with Gasteiger partial charge in [0.2, 0.25) is 5.91 Å². The number of aromatic nitrogens is 2. The molecule has 0 saturated carbocycles. The van der Waals surface area contributed by atoms with Crippen LogP contribution in [0.1, 0.15) is 64.5 Å². The summed E-state index contributed by atoms with van der Waals surface area (Å²) in [5, 5.41) is 28.9. The molecule has 0 radical (unpaired) electrons. The summed E-state index contributed by atoms with van der Waals surface area (Å²) in [7, 11) is 0. The highest BCUT2D eigenvalue weighted by Crippen LogP contribution is 2.24. The lowest BCUT2D eigenvalue weighted by molar-refractivity contribution is -0.138. The molecule has 0 bridgehead atoms. The first-order valence-corrected chi connectivity index (χ1v) is 19.8. The average molecular weight is 813 g/mol. The number of thiophene rings is 2. The molecular formula is C42H48N6O7S2. The van der Waals surface area contributed by atoms with Gasteiger partial charge >= 0.3 is 18.2 Å². The van der Waals surface area contributed by atoms with Crippen molar-refractivity contribution in [1.29, 1.82) is 0 Å². The number of nitrogens with zero attached hydrogens (tertiary/aromatic N) is 2. The number of nitrogens with one attached hydrogen (secondary N) is 3. The van der Waals surface area contributed by atoms with E-state index in [9.17, 15) is 19.2 Å². The Balaban J connectivity index is 0.000000211. The van der Waals surface area contributed by atoms with Gasteiger partial charge in [-0.05, 0) is 133 Å². The zero-order valence-corrected chi connectivity index (χ0v) is 34.3. The molecule has 2 aromatic carbocycles. The summed E-state index contributed by atoms with van der Waals surface area (Å²) in [5.41, 5.74) is 7.44. The van der Waals surface area contributed by atoms with Crippen molar-refractivity contribution < 1.29 is 33.8 Å². The average Bonchev–Trinajstić information content (AvgIpc) is 3.87. The number of rotatable bonds is 9. The Hall–Kier alpha value is -6.06. The Kier molecular flexibility index (Phi) is 15.5. The summed E-state index contributed by atoms with van der Waals surface area (Å²) in [6.07, 6.45) is 5.94. The van der Waals surface area contributed by atoms with Crippen molar-refractivity contribution in [3.63, 3.8) is 0 Å². The highest BCUT2D eigenvalue weighted by Gasteiger charge is 2.25. The summed E-state index contributed by atoms with van der Waals surface area (Å²) >= 11 is 2.93. The lowest BCUT2D eigenvalue weighted by Gasteiger charge is -2.21. The minimum Gasteiger partial charge on any atom is -0.481 e. The lowest BCUT2D eigenvalue weighted by Crippen LogP contribution is -2.37. The fourth-order valence-electron chi connectivity index (χ4n) is 5.15. The number of pyridine rings is 2. The number of carbonyl (C=O) groups is 4. The predicted molar refractivity (Wildman–Crippen MR) is 227 cm³/mol. The fourth-order valence-corrected chi connectivity index (χ4v) is 6.58. The van der Waals surface area contributed by atoms with E-state index in [1.165, 1.54) is 22.7 Å². The monoisotopic (exact) mass is 812 g/mol. The number of alkyl carbamates (subject to hydrolysis) is 2. The van der Waals surface area contributed by atoms with E-state index in [2.05, 4.69) is 25.9 Å². The van der Waals surface area contributed by atoms with Crippen LogP contribution < -0.4 is 21.7 Å². The van der Waals surface area contributed by atoms with Crippen LogP contribution in [-0.4, -0.2) is 63.4 Å². The molecule has 6 aromatic rings. The topological polar surface area (TPSA) is 195 Å². The van der Waals surface area contributed by atoms with Crippen LogP contribution in [0, 0.1) is 0 Å². The third kappa shape index (κ3) is 14.8. The molecule has 2 unspecified atom stereocenters. The van der Waals surface area contributed by atoms with Crippen molar-refractivity contribution in [3.05, 3.63) is 118 Å². The van der Waals surface area contributed by atoms with Crippen LogP contribution in [0.5, 0.6) is 0 Å². The zero-order valence-electron chi connectivity index (χ0n) is 32.6.